The molecule has 102 valence electrons. The molecular formula is C14H22O4. The van der Waals surface area contributed by atoms with Gasteiger partial charge in [0.2, 0.25) is 0 Å². The van der Waals surface area contributed by atoms with Gasteiger partial charge < -0.3 is 9.84 Å². The van der Waals surface area contributed by atoms with Crippen molar-refractivity contribution in [1.82, 2.24) is 0 Å². The summed E-state index contributed by atoms with van der Waals surface area (Å²) in [5, 5.41) is 9.17. The highest BCUT2D eigenvalue weighted by molar-refractivity contribution is 5.82. The molecule has 1 aliphatic carbocycles. The molecule has 0 aromatic rings. The average Bonchev–Trinajstić information content (AvgIpc) is 2.28. The minimum absolute atomic E-state index is 0.0822. The summed E-state index contributed by atoms with van der Waals surface area (Å²) in [6, 6.07) is 0. The van der Waals surface area contributed by atoms with E-state index in [1.165, 1.54) is 0 Å². The van der Waals surface area contributed by atoms with Gasteiger partial charge in [-0.15, -0.1) is 0 Å². The van der Waals surface area contributed by atoms with Crippen LogP contribution in [0.2, 0.25) is 0 Å². The van der Waals surface area contributed by atoms with E-state index in [1.54, 1.807) is 0 Å². The molecule has 18 heavy (non-hydrogen) atoms. The molecule has 0 fully saturated rings. The van der Waals surface area contributed by atoms with Crippen LogP contribution in [0.3, 0.4) is 0 Å². The molecule has 0 bridgehead atoms. The third-order valence-electron chi connectivity index (χ3n) is 3.43. The van der Waals surface area contributed by atoms with Crippen LogP contribution in [-0.4, -0.2) is 23.1 Å². The molecule has 4 nitrogen and oxygen atoms in total. The fourth-order valence-corrected chi connectivity index (χ4v) is 2.45. The minimum Gasteiger partial charge on any atom is -0.481 e. The van der Waals surface area contributed by atoms with Crippen LogP contribution in [0.1, 0.15) is 40.0 Å². The molecule has 1 rings (SSSR count). The van der Waals surface area contributed by atoms with Crippen LogP contribution in [0, 0.1) is 17.8 Å². The van der Waals surface area contributed by atoms with Crippen LogP contribution in [0.25, 0.3) is 0 Å². The number of carboxylic acids is 1. The summed E-state index contributed by atoms with van der Waals surface area (Å²) in [5.74, 6) is -2.60. The zero-order chi connectivity index (χ0) is 13.7. The highest BCUT2D eigenvalue weighted by Crippen LogP contribution is 2.32. The van der Waals surface area contributed by atoms with Crippen molar-refractivity contribution in [1.29, 1.82) is 0 Å². The Morgan fingerprint density at radius 3 is 2.72 bits per heavy atom. The van der Waals surface area contributed by atoms with Crippen LogP contribution in [0.4, 0.5) is 0 Å². The summed E-state index contributed by atoms with van der Waals surface area (Å²) in [5.41, 5.74) is 0. The summed E-state index contributed by atoms with van der Waals surface area (Å²) in [7, 11) is 0. The molecule has 0 spiro atoms. The Morgan fingerprint density at radius 1 is 1.50 bits per heavy atom. The number of esters is 1. The molecule has 4 atom stereocenters. The van der Waals surface area contributed by atoms with Gasteiger partial charge in [-0.3, -0.25) is 9.59 Å². The van der Waals surface area contributed by atoms with Crippen LogP contribution in [0.5, 0.6) is 0 Å². The van der Waals surface area contributed by atoms with Crippen LogP contribution in [-0.2, 0) is 14.3 Å². The summed E-state index contributed by atoms with van der Waals surface area (Å²) in [4.78, 5) is 23.3. The third kappa shape index (κ3) is 3.59. The Bertz CT molecular complexity index is 335. The van der Waals surface area contributed by atoms with Crippen molar-refractivity contribution >= 4 is 11.9 Å². The Labute approximate surface area is 108 Å². The molecule has 0 aromatic carbocycles. The summed E-state index contributed by atoms with van der Waals surface area (Å²) in [6.45, 7) is 5.74. The SMILES string of the molecule is CCCC(C)OC(=O)C1C(C)C=CCC1C(=O)O. The van der Waals surface area contributed by atoms with Crippen LogP contribution >= 0.6 is 0 Å². The molecule has 4 unspecified atom stereocenters. The molecule has 4 heteroatoms. The van der Waals surface area contributed by atoms with Crippen molar-refractivity contribution < 1.29 is 19.4 Å². The van der Waals surface area contributed by atoms with E-state index in [2.05, 4.69) is 0 Å². The maximum atomic E-state index is 12.1. The third-order valence-corrected chi connectivity index (χ3v) is 3.43. The predicted molar refractivity (Wildman–Crippen MR) is 68.0 cm³/mol. The largest absolute Gasteiger partial charge is 0.481 e. The number of carbonyl (C=O) groups is 2. The highest BCUT2D eigenvalue weighted by Gasteiger charge is 2.39. The maximum Gasteiger partial charge on any atom is 0.310 e. The first-order valence-electron chi connectivity index (χ1n) is 6.57. The van der Waals surface area contributed by atoms with E-state index in [-0.39, 0.29) is 18.0 Å². The van der Waals surface area contributed by atoms with Crippen LogP contribution < -0.4 is 0 Å². The number of carbonyl (C=O) groups excluding carboxylic acids is 1. The number of carboxylic acid groups (broad SMARTS) is 1. The molecule has 1 aliphatic rings. The zero-order valence-corrected chi connectivity index (χ0v) is 11.3. The lowest BCUT2D eigenvalue weighted by Gasteiger charge is -2.29. The van der Waals surface area contributed by atoms with E-state index in [0.29, 0.717) is 6.42 Å². The molecule has 0 saturated carbocycles. The molecule has 0 aliphatic heterocycles. The first kappa shape index (κ1) is 14.7. The molecule has 0 saturated heterocycles. The minimum atomic E-state index is -0.920. The standard InChI is InChI=1S/C14H22O4/c1-4-6-10(3)18-14(17)12-9(2)7-5-8-11(12)13(15)16/h5,7,9-12H,4,6,8H2,1-3H3,(H,15,16). The lowest BCUT2D eigenvalue weighted by Crippen LogP contribution is -2.38. The van der Waals surface area contributed by atoms with Crippen molar-refractivity contribution in [3.8, 4) is 0 Å². The normalized spacial score (nSPS) is 28.7. The lowest BCUT2D eigenvalue weighted by molar-refractivity contribution is -0.163. The van der Waals surface area contributed by atoms with E-state index >= 15 is 0 Å². The predicted octanol–water partition coefficient (Wildman–Crippen LogP) is 2.63. The van der Waals surface area contributed by atoms with Gasteiger partial charge in [0.1, 0.15) is 0 Å². The first-order chi connectivity index (χ1) is 8.47. The second-order valence-corrected chi connectivity index (χ2v) is 5.03. The lowest BCUT2D eigenvalue weighted by atomic mass is 9.76. The first-order valence-corrected chi connectivity index (χ1v) is 6.57. The Morgan fingerprint density at radius 2 is 2.17 bits per heavy atom. The van der Waals surface area contributed by atoms with E-state index in [9.17, 15) is 14.7 Å². The number of ether oxygens (including phenoxy) is 1. The smallest absolute Gasteiger partial charge is 0.310 e. The van der Waals surface area contributed by atoms with Gasteiger partial charge in [-0.2, -0.15) is 0 Å². The van der Waals surface area contributed by atoms with Gasteiger partial charge in [-0.1, -0.05) is 32.4 Å². The van der Waals surface area contributed by atoms with E-state index in [0.717, 1.165) is 12.8 Å². The van der Waals surface area contributed by atoms with Gasteiger partial charge in [0.05, 0.1) is 17.9 Å². The van der Waals surface area contributed by atoms with Gasteiger partial charge in [0, 0.05) is 0 Å². The van der Waals surface area contributed by atoms with Gasteiger partial charge >= 0.3 is 11.9 Å². The molecule has 0 heterocycles. The maximum absolute atomic E-state index is 12.1. The van der Waals surface area contributed by atoms with Gasteiger partial charge in [0.25, 0.3) is 0 Å². The van der Waals surface area contributed by atoms with Gasteiger partial charge in [-0.05, 0) is 25.7 Å². The van der Waals surface area contributed by atoms with Crippen LogP contribution in [0.15, 0.2) is 12.2 Å². The zero-order valence-electron chi connectivity index (χ0n) is 11.3. The fourth-order valence-electron chi connectivity index (χ4n) is 2.45. The molecular weight excluding hydrogens is 232 g/mol. The van der Waals surface area contributed by atoms with Gasteiger partial charge in [-0.25, -0.2) is 0 Å². The number of hydrogen-bond acceptors (Lipinski definition) is 3. The van der Waals surface area contributed by atoms with E-state index in [4.69, 9.17) is 4.74 Å². The summed E-state index contributed by atoms with van der Waals surface area (Å²) < 4.78 is 5.34. The van der Waals surface area contributed by atoms with Crippen molar-refractivity contribution in [2.45, 2.75) is 46.1 Å². The van der Waals surface area contributed by atoms with Crippen molar-refractivity contribution in [3.05, 3.63) is 12.2 Å². The Hall–Kier alpha value is -1.32. The number of allylic oxidation sites excluding steroid dienone is 2. The second kappa shape index (κ2) is 6.57. The van der Waals surface area contributed by atoms with E-state index < -0.39 is 17.8 Å². The Kier molecular flexibility index (Phi) is 5.38. The molecule has 0 aromatic heterocycles. The monoisotopic (exact) mass is 254 g/mol. The van der Waals surface area contributed by atoms with Crippen molar-refractivity contribution in [2.75, 3.05) is 0 Å². The molecule has 0 radical (unpaired) electrons. The number of aliphatic carboxylic acids is 1. The Balaban J connectivity index is 2.73. The number of rotatable bonds is 5. The average molecular weight is 254 g/mol. The highest BCUT2D eigenvalue weighted by atomic mass is 16.5. The second-order valence-electron chi connectivity index (χ2n) is 5.03. The van der Waals surface area contributed by atoms with Crippen molar-refractivity contribution in [3.63, 3.8) is 0 Å². The van der Waals surface area contributed by atoms with Gasteiger partial charge in [0.15, 0.2) is 0 Å². The molecule has 0 amide bonds. The topological polar surface area (TPSA) is 63.6 Å². The molecule has 1 N–H and O–H groups in total. The van der Waals surface area contributed by atoms with E-state index in [1.807, 2.05) is 32.9 Å². The fraction of sp³-hybridized carbons (Fsp3) is 0.714. The quantitative estimate of drug-likeness (QED) is 0.605. The van der Waals surface area contributed by atoms with Crippen molar-refractivity contribution in [2.24, 2.45) is 17.8 Å². The summed E-state index contributed by atoms with van der Waals surface area (Å²) in [6.07, 6.45) is 5.74. The number of hydrogen-bond donors (Lipinski definition) is 1. The summed E-state index contributed by atoms with van der Waals surface area (Å²) >= 11 is 0.